The van der Waals surface area contributed by atoms with Crippen molar-refractivity contribution in [2.75, 3.05) is 0 Å². The Kier molecular flexibility index (Phi) is 10.2. The fraction of sp³-hybridized carbons (Fsp3) is 0.290. The molecule has 0 atom stereocenters. The van der Waals surface area contributed by atoms with Gasteiger partial charge in [-0.1, -0.05) is 125 Å². The van der Waals surface area contributed by atoms with E-state index in [1.165, 1.54) is 39.0 Å². The maximum Gasteiger partial charge on any atom is -0.0132 e. The van der Waals surface area contributed by atoms with E-state index in [2.05, 4.69) is 110 Å². The molecule has 0 nitrogen and oxygen atoms in total. The molecule has 2 rings (SSSR count). The van der Waals surface area contributed by atoms with Gasteiger partial charge in [0.05, 0.1) is 0 Å². The highest BCUT2D eigenvalue weighted by molar-refractivity contribution is 5.69. The van der Waals surface area contributed by atoms with Gasteiger partial charge in [-0.05, 0) is 66.0 Å². The van der Waals surface area contributed by atoms with E-state index in [0.29, 0.717) is 0 Å². The maximum atomic E-state index is 3.94. The van der Waals surface area contributed by atoms with Crippen molar-refractivity contribution >= 4 is 17.2 Å². The zero-order chi connectivity index (χ0) is 23.6. The smallest absolute Gasteiger partial charge is 0.0132 e. The van der Waals surface area contributed by atoms with E-state index in [0.717, 1.165) is 12.0 Å². The lowest BCUT2D eigenvalue weighted by Gasteiger charge is -2.20. The number of hydrogen-bond acceptors (Lipinski definition) is 0. The van der Waals surface area contributed by atoms with E-state index in [9.17, 15) is 0 Å². The van der Waals surface area contributed by atoms with Gasteiger partial charge in [-0.2, -0.15) is 0 Å². The standard InChI is InChI=1S/C17H20.C14H20/c1-6-7-14(4)12-15(5)17-10-8-16(9-11-17)13(2)3;1-6-11-8-12(7-2)10-13(9-11)14(3,4)5/h6-12H,1-2H2,3-5H3;6,8-10H,1,7H2,2-5H3/b14-7-,15-12+;. The van der Waals surface area contributed by atoms with Crippen molar-refractivity contribution in [1.82, 2.24) is 0 Å². The van der Waals surface area contributed by atoms with Crippen molar-refractivity contribution in [3.63, 3.8) is 0 Å². The molecule has 0 bridgehead atoms. The van der Waals surface area contributed by atoms with E-state index in [4.69, 9.17) is 0 Å². The molecule has 0 fully saturated rings. The van der Waals surface area contributed by atoms with Gasteiger partial charge in [0, 0.05) is 0 Å². The van der Waals surface area contributed by atoms with Crippen LogP contribution >= 0.6 is 0 Å². The molecule has 31 heavy (non-hydrogen) atoms. The van der Waals surface area contributed by atoms with Gasteiger partial charge < -0.3 is 0 Å². The Bertz CT molecular complexity index is 954. The Hall–Kier alpha value is -2.86. The summed E-state index contributed by atoms with van der Waals surface area (Å²) in [5, 5.41) is 0. The summed E-state index contributed by atoms with van der Waals surface area (Å²) in [4.78, 5) is 0. The molecule has 0 aliphatic carbocycles. The number of hydrogen-bond donors (Lipinski definition) is 0. The summed E-state index contributed by atoms with van der Waals surface area (Å²) in [5.41, 5.74) is 10.2. The lowest BCUT2D eigenvalue weighted by atomic mass is 9.85. The molecule has 0 unspecified atom stereocenters. The van der Waals surface area contributed by atoms with Gasteiger partial charge in [0.1, 0.15) is 0 Å². The summed E-state index contributed by atoms with van der Waals surface area (Å²) < 4.78 is 0. The summed E-state index contributed by atoms with van der Waals surface area (Å²) >= 11 is 0. The van der Waals surface area contributed by atoms with Crippen LogP contribution in [0.1, 0.15) is 76.3 Å². The highest BCUT2D eigenvalue weighted by atomic mass is 14.2. The average Bonchev–Trinajstić information content (AvgIpc) is 2.73. The molecule has 2 aromatic rings. The fourth-order valence-electron chi connectivity index (χ4n) is 3.15. The molecule has 2 aromatic carbocycles. The quantitative estimate of drug-likeness (QED) is 0.414. The van der Waals surface area contributed by atoms with Gasteiger partial charge in [0.25, 0.3) is 0 Å². The van der Waals surface area contributed by atoms with Gasteiger partial charge in [-0.15, -0.1) is 0 Å². The summed E-state index contributed by atoms with van der Waals surface area (Å²) in [6.45, 7) is 26.6. The molecule has 0 heteroatoms. The van der Waals surface area contributed by atoms with E-state index in [1.54, 1.807) is 0 Å². The number of aryl methyl sites for hydroxylation is 1. The van der Waals surface area contributed by atoms with Crippen LogP contribution in [-0.4, -0.2) is 0 Å². The van der Waals surface area contributed by atoms with Crippen molar-refractivity contribution in [3.8, 4) is 0 Å². The summed E-state index contributed by atoms with van der Waals surface area (Å²) in [6.07, 6.45) is 8.99. The van der Waals surface area contributed by atoms with E-state index in [1.807, 2.05) is 25.2 Å². The van der Waals surface area contributed by atoms with E-state index < -0.39 is 0 Å². The van der Waals surface area contributed by atoms with Crippen LogP contribution in [0.4, 0.5) is 0 Å². The lowest BCUT2D eigenvalue weighted by Crippen LogP contribution is -2.11. The number of benzene rings is 2. The topological polar surface area (TPSA) is 0 Å². The zero-order valence-corrected chi connectivity index (χ0v) is 20.7. The number of allylic oxidation sites excluding steroid dienone is 6. The third-order valence-electron chi connectivity index (χ3n) is 5.18. The minimum Gasteiger partial charge on any atom is -0.0991 e. The normalized spacial score (nSPS) is 12.0. The van der Waals surface area contributed by atoms with Crippen molar-refractivity contribution < 1.29 is 0 Å². The second kappa shape index (κ2) is 12.1. The first-order chi connectivity index (χ1) is 14.5. The van der Waals surface area contributed by atoms with Crippen molar-refractivity contribution in [3.05, 3.63) is 114 Å². The molecule has 0 heterocycles. The minimum atomic E-state index is 0.225. The predicted molar refractivity (Wildman–Crippen MR) is 143 cm³/mol. The van der Waals surface area contributed by atoms with Gasteiger partial charge in [-0.25, -0.2) is 0 Å². The van der Waals surface area contributed by atoms with Crippen LogP contribution in [0.2, 0.25) is 0 Å². The Balaban J connectivity index is 0.000000316. The van der Waals surface area contributed by atoms with Crippen molar-refractivity contribution in [2.24, 2.45) is 0 Å². The molecule has 0 saturated heterocycles. The predicted octanol–water partition coefficient (Wildman–Crippen LogP) is 9.44. The second-order valence-corrected chi connectivity index (χ2v) is 9.10. The minimum absolute atomic E-state index is 0.225. The van der Waals surface area contributed by atoms with E-state index in [-0.39, 0.29) is 5.41 Å². The second-order valence-electron chi connectivity index (χ2n) is 9.10. The first-order valence-corrected chi connectivity index (χ1v) is 11.0. The van der Waals surface area contributed by atoms with Crippen LogP contribution in [0, 0.1) is 0 Å². The van der Waals surface area contributed by atoms with Crippen LogP contribution < -0.4 is 0 Å². The van der Waals surface area contributed by atoms with Gasteiger partial charge >= 0.3 is 0 Å². The zero-order valence-electron chi connectivity index (χ0n) is 20.7. The molecule has 0 saturated carbocycles. The Labute approximate surface area is 191 Å². The molecule has 0 aromatic heterocycles. The van der Waals surface area contributed by atoms with Gasteiger partial charge in [0.15, 0.2) is 0 Å². The third-order valence-corrected chi connectivity index (χ3v) is 5.18. The lowest BCUT2D eigenvalue weighted by molar-refractivity contribution is 0.589. The average molecular weight is 413 g/mol. The summed E-state index contributed by atoms with van der Waals surface area (Å²) in [5.74, 6) is 0. The molecular weight excluding hydrogens is 372 g/mol. The first-order valence-electron chi connectivity index (χ1n) is 11.0. The van der Waals surface area contributed by atoms with Crippen LogP contribution in [0.25, 0.3) is 17.2 Å². The summed E-state index contributed by atoms with van der Waals surface area (Å²) in [7, 11) is 0. The molecule has 0 aliphatic rings. The van der Waals surface area contributed by atoms with Crippen molar-refractivity contribution in [1.29, 1.82) is 0 Å². The van der Waals surface area contributed by atoms with Crippen LogP contribution in [-0.2, 0) is 11.8 Å². The molecule has 164 valence electrons. The third kappa shape index (κ3) is 8.80. The van der Waals surface area contributed by atoms with Crippen molar-refractivity contribution in [2.45, 2.75) is 60.3 Å². The molecule has 0 aliphatic heterocycles. The Morgan fingerprint density at radius 3 is 1.94 bits per heavy atom. The van der Waals surface area contributed by atoms with E-state index >= 15 is 0 Å². The highest BCUT2D eigenvalue weighted by Crippen LogP contribution is 2.25. The largest absolute Gasteiger partial charge is 0.0991 e. The Morgan fingerprint density at radius 1 is 0.903 bits per heavy atom. The molecule has 0 amide bonds. The highest BCUT2D eigenvalue weighted by Gasteiger charge is 2.14. The summed E-state index contributed by atoms with van der Waals surface area (Å²) in [6, 6.07) is 15.2. The monoisotopic (exact) mass is 412 g/mol. The Morgan fingerprint density at radius 2 is 1.48 bits per heavy atom. The molecule has 0 spiro atoms. The van der Waals surface area contributed by atoms with Crippen LogP contribution in [0.5, 0.6) is 0 Å². The van der Waals surface area contributed by atoms with Crippen LogP contribution in [0.15, 0.2) is 86.0 Å². The first kappa shape index (κ1) is 26.2. The molecule has 0 radical (unpaired) electrons. The molecular formula is C31H40. The SMILES string of the molecule is C=C/C=C(C)\C=C(/C)c1ccc(C(=C)C)cc1.C=Cc1cc(CC)cc(C(C)(C)C)c1. The van der Waals surface area contributed by atoms with Crippen LogP contribution in [0.3, 0.4) is 0 Å². The maximum absolute atomic E-state index is 3.94. The number of rotatable bonds is 6. The fourth-order valence-corrected chi connectivity index (χ4v) is 3.15. The van der Waals surface area contributed by atoms with Gasteiger partial charge in [0.2, 0.25) is 0 Å². The molecule has 0 N–H and O–H groups in total. The van der Waals surface area contributed by atoms with Gasteiger partial charge in [-0.3, -0.25) is 0 Å².